The fraction of sp³-hybridized carbons (Fsp3) is 0.222. The number of sulfonamides is 1. The van der Waals surface area contributed by atoms with E-state index in [1.807, 2.05) is 24.3 Å². The Labute approximate surface area is 152 Å². The Hall–Kier alpha value is -2.71. The molecule has 3 rings (SSSR count). The highest BCUT2D eigenvalue weighted by molar-refractivity contribution is 7.89. The Morgan fingerprint density at radius 3 is 2.65 bits per heavy atom. The predicted molar refractivity (Wildman–Crippen MR) is 98.2 cm³/mol. The highest BCUT2D eigenvalue weighted by Gasteiger charge is 2.17. The molecule has 0 spiro atoms. The van der Waals surface area contributed by atoms with Gasteiger partial charge in [-0.05, 0) is 48.9 Å². The van der Waals surface area contributed by atoms with Crippen LogP contribution in [0.25, 0.3) is 11.4 Å². The number of benzene rings is 1. The second-order valence-corrected chi connectivity index (χ2v) is 7.58. The maximum absolute atomic E-state index is 12.5. The fourth-order valence-corrected chi connectivity index (χ4v) is 3.72. The van der Waals surface area contributed by atoms with E-state index in [1.54, 1.807) is 44.1 Å². The molecule has 0 saturated heterocycles. The van der Waals surface area contributed by atoms with Crippen LogP contribution in [0.2, 0.25) is 0 Å². The molecule has 0 bridgehead atoms. The number of pyridine rings is 1. The van der Waals surface area contributed by atoms with Crippen LogP contribution in [0.4, 0.5) is 0 Å². The van der Waals surface area contributed by atoms with Crippen LogP contribution in [0.3, 0.4) is 0 Å². The van der Waals surface area contributed by atoms with E-state index in [0.717, 1.165) is 17.0 Å². The molecular weight excluding hydrogens is 352 g/mol. The molecule has 0 radical (unpaired) electrons. The van der Waals surface area contributed by atoms with E-state index in [2.05, 4.69) is 14.8 Å². The Morgan fingerprint density at radius 1 is 1.19 bits per heavy atom. The van der Waals surface area contributed by atoms with Gasteiger partial charge in [0.1, 0.15) is 5.75 Å². The van der Waals surface area contributed by atoms with Crippen LogP contribution < -0.4 is 9.46 Å². The van der Waals surface area contributed by atoms with Crippen molar-refractivity contribution in [3.8, 4) is 17.1 Å². The molecule has 0 fully saturated rings. The SMILES string of the molecule is COc1ccc(S(=O)(=O)NCc2cc(-c3ccccn3)n(C)n2)cc1C. The lowest BCUT2D eigenvalue weighted by Gasteiger charge is -2.09. The summed E-state index contributed by atoms with van der Waals surface area (Å²) in [4.78, 5) is 4.49. The number of nitrogens with zero attached hydrogens (tertiary/aromatic N) is 3. The van der Waals surface area contributed by atoms with Gasteiger partial charge in [-0.2, -0.15) is 5.10 Å². The lowest BCUT2D eigenvalue weighted by atomic mass is 10.2. The summed E-state index contributed by atoms with van der Waals surface area (Å²) < 4.78 is 34.5. The molecule has 8 heteroatoms. The summed E-state index contributed by atoms with van der Waals surface area (Å²) in [7, 11) is -0.294. The molecule has 0 aliphatic rings. The maximum atomic E-state index is 12.5. The Bertz CT molecular complexity index is 1010. The maximum Gasteiger partial charge on any atom is 0.240 e. The minimum Gasteiger partial charge on any atom is -0.496 e. The molecule has 2 aromatic heterocycles. The molecule has 0 atom stereocenters. The first kappa shape index (κ1) is 18.1. The number of methoxy groups -OCH3 is 1. The van der Waals surface area contributed by atoms with Crippen LogP contribution in [0.15, 0.2) is 53.6 Å². The average Bonchev–Trinajstić information content (AvgIpc) is 3.01. The van der Waals surface area contributed by atoms with Gasteiger partial charge in [0.2, 0.25) is 10.0 Å². The quantitative estimate of drug-likeness (QED) is 0.717. The first-order valence-electron chi connectivity index (χ1n) is 7.99. The topological polar surface area (TPSA) is 86.1 Å². The molecule has 0 aliphatic carbocycles. The number of hydrogen-bond acceptors (Lipinski definition) is 5. The van der Waals surface area contributed by atoms with Gasteiger partial charge in [0.25, 0.3) is 0 Å². The summed E-state index contributed by atoms with van der Waals surface area (Å²) in [5.74, 6) is 0.647. The zero-order valence-electron chi connectivity index (χ0n) is 14.8. The third-order valence-electron chi connectivity index (χ3n) is 3.98. The molecule has 26 heavy (non-hydrogen) atoms. The van der Waals surface area contributed by atoms with Crippen LogP contribution in [-0.2, 0) is 23.6 Å². The number of rotatable bonds is 6. The van der Waals surface area contributed by atoms with Crippen molar-refractivity contribution >= 4 is 10.0 Å². The van der Waals surface area contributed by atoms with E-state index < -0.39 is 10.0 Å². The third kappa shape index (κ3) is 3.76. The van der Waals surface area contributed by atoms with E-state index in [4.69, 9.17) is 4.74 Å². The summed E-state index contributed by atoms with van der Waals surface area (Å²) in [6.45, 7) is 1.89. The molecule has 0 saturated carbocycles. The molecule has 2 heterocycles. The van der Waals surface area contributed by atoms with E-state index in [1.165, 1.54) is 6.07 Å². The van der Waals surface area contributed by atoms with Gasteiger partial charge in [-0.15, -0.1) is 0 Å². The lowest BCUT2D eigenvalue weighted by Crippen LogP contribution is -2.23. The minimum absolute atomic E-state index is 0.0914. The molecule has 1 aromatic carbocycles. The van der Waals surface area contributed by atoms with Crippen molar-refractivity contribution < 1.29 is 13.2 Å². The van der Waals surface area contributed by atoms with E-state index >= 15 is 0 Å². The van der Waals surface area contributed by atoms with Gasteiger partial charge in [0, 0.05) is 13.2 Å². The molecule has 7 nitrogen and oxygen atoms in total. The standard InChI is InChI=1S/C18H20N4O3S/c1-13-10-15(7-8-18(13)25-3)26(23,24)20-12-14-11-17(22(2)21-14)16-6-4-5-9-19-16/h4-11,20H,12H2,1-3H3. The first-order valence-corrected chi connectivity index (χ1v) is 9.47. The first-order chi connectivity index (χ1) is 12.4. The number of hydrogen-bond donors (Lipinski definition) is 1. The van der Waals surface area contributed by atoms with Crippen molar-refractivity contribution in [1.82, 2.24) is 19.5 Å². The predicted octanol–water partition coefficient (Wildman–Crippen LogP) is 2.28. The highest BCUT2D eigenvalue weighted by Crippen LogP contribution is 2.22. The van der Waals surface area contributed by atoms with Gasteiger partial charge in [-0.3, -0.25) is 9.67 Å². The smallest absolute Gasteiger partial charge is 0.240 e. The van der Waals surface area contributed by atoms with Crippen LogP contribution in [-0.4, -0.2) is 30.3 Å². The third-order valence-corrected chi connectivity index (χ3v) is 5.38. The zero-order chi connectivity index (χ0) is 18.7. The summed E-state index contributed by atoms with van der Waals surface area (Å²) in [5, 5.41) is 4.36. The van der Waals surface area contributed by atoms with Gasteiger partial charge >= 0.3 is 0 Å². The minimum atomic E-state index is -3.64. The number of aromatic nitrogens is 3. The summed E-state index contributed by atoms with van der Waals surface area (Å²) in [6, 6.07) is 12.2. The molecule has 0 unspecified atom stereocenters. The Kier molecular flexibility index (Phi) is 5.06. The van der Waals surface area contributed by atoms with Crippen LogP contribution in [0.1, 0.15) is 11.3 Å². The zero-order valence-corrected chi connectivity index (χ0v) is 15.6. The molecule has 0 amide bonds. The molecular formula is C18H20N4O3S. The van der Waals surface area contributed by atoms with Gasteiger partial charge in [-0.25, -0.2) is 13.1 Å². The van der Waals surface area contributed by atoms with Crippen LogP contribution in [0.5, 0.6) is 5.75 Å². The van der Waals surface area contributed by atoms with Crippen molar-refractivity contribution in [2.24, 2.45) is 7.05 Å². The number of nitrogens with one attached hydrogen (secondary N) is 1. The Balaban J connectivity index is 1.77. The van der Waals surface area contributed by atoms with Gasteiger partial charge in [0.05, 0.1) is 35.6 Å². The van der Waals surface area contributed by atoms with Gasteiger partial charge in [0.15, 0.2) is 0 Å². The fourth-order valence-electron chi connectivity index (χ4n) is 2.64. The highest BCUT2D eigenvalue weighted by atomic mass is 32.2. The molecule has 136 valence electrons. The van der Waals surface area contributed by atoms with E-state index in [0.29, 0.717) is 11.4 Å². The number of ether oxygens (including phenoxy) is 1. The Morgan fingerprint density at radius 2 is 2.00 bits per heavy atom. The van der Waals surface area contributed by atoms with Crippen molar-refractivity contribution in [3.63, 3.8) is 0 Å². The average molecular weight is 372 g/mol. The van der Waals surface area contributed by atoms with Crippen molar-refractivity contribution in [1.29, 1.82) is 0 Å². The van der Waals surface area contributed by atoms with Crippen LogP contribution >= 0.6 is 0 Å². The van der Waals surface area contributed by atoms with Crippen LogP contribution in [0, 0.1) is 6.92 Å². The number of aryl methyl sites for hydroxylation is 2. The molecule has 1 N–H and O–H groups in total. The van der Waals surface area contributed by atoms with Gasteiger partial charge in [-0.1, -0.05) is 6.07 Å². The van der Waals surface area contributed by atoms with E-state index in [-0.39, 0.29) is 11.4 Å². The van der Waals surface area contributed by atoms with E-state index in [9.17, 15) is 8.42 Å². The normalized spacial score (nSPS) is 11.5. The summed E-state index contributed by atoms with van der Waals surface area (Å²) in [5.41, 5.74) is 2.97. The van der Waals surface area contributed by atoms with Crippen molar-refractivity contribution in [3.05, 3.63) is 59.9 Å². The summed E-state index contributed by atoms with van der Waals surface area (Å²) in [6.07, 6.45) is 1.71. The van der Waals surface area contributed by atoms with Gasteiger partial charge < -0.3 is 4.74 Å². The second kappa shape index (κ2) is 7.27. The molecule has 3 aromatic rings. The summed E-state index contributed by atoms with van der Waals surface area (Å²) >= 11 is 0. The van der Waals surface area contributed by atoms with Crippen molar-refractivity contribution in [2.75, 3.05) is 7.11 Å². The molecule has 0 aliphatic heterocycles. The monoisotopic (exact) mass is 372 g/mol. The van der Waals surface area contributed by atoms with Crippen molar-refractivity contribution in [2.45, 2.75) is 18.4 Å². The largest absolute Gasteiger partial charge is 0.496 e. The lowest BCUT2D eigenvalue weighted by molar-refractivity contribution is 0.411. The second-order valence-electron chi connectivity index (χ2n) is 5.82.